The molecule has 29 heavy (non-hydrogen) atoms. The standard InChI is InChI=1S/C18H15F2N5O2S2/c1-2-6-24-16(27)15-13(5-7-28-15)25-17(24)22-23-18(25)29-9-14(26)21-12-4-3-10(19)8-11(12)20/h3-5,7-8H,2,6,9H2,1H3,(H,21,26). The van der Waals surface area contributed by atoms with Crippen LogP contribution in [0.1, 0.15) is 13.3 Å². The minimum absolute atomic E-state index is 0.0594. The van der Waals surface area contributed by atoms with Gasteiger partial charge in [0.15, 0.2) is 5.16 Å². The first-order chi connectivity index (χ1) is 14.0. The molecule has 11 heteroatoms. The summed E-state index contributed by atoms with van der Waals surface area (Å²) in [7, 11) is 0. The highest BCUT2D eigenvalue weighted by molar-refractivity contribution is 7.99. The van der Waals surface area contributed by atoms with Gasteiger partial charge in [0.05, 0.1) is 17.0 Å². The second-order valence-corrected chi connectivity index (χ2v) is 8.03. The number of benzene rings is 1. The van der Waals surface area contributed by atoms with Gasteiger partial charge in [-0.3, -0.25) is 18.6 Å². The summed E-state index contributed by atoms with van der Waals surface area (Å²) in [6.07, 6.45) is 0.757. The molecule has 1 N–H and O–H groups in total. The minimum atomic E-state index is -0.847. The Kier molecular flexibility index (Phi) is 5.33. The molecule has 0 radical (unpaired) electrons. The van der Waals surface area contributed by atoms with Crippen molar-refractivity contribution in [1.29, 1.82) is 0 Å². The highest BCUT2D eigenvalue weighted by atomic mass is 32.2. The van der Waals surface area contributed by atoms with E-state index in [2.05, 4.69) is 15.5 Å². The maximum absolute atomic E-state index is 13.7. The third kappa shape index (κ3) is 3.62. The number of fused-ring (bicyclic) bond motifs is 3. The van der Waals surface area contributed by atoms with Crippen LogP contribution in [0, 0.1) is 11.6 Å². The molecule has 0 saturated heterocycles. The van der Waals surface area contributed by atoms with Crippen LogP contribution in [-0.4, -0.2) is 30.8 Å². The van der Waals surface area contributed by atoms with Crippen molar-refractivity contribution in [1.82, 2.24) is 19.2 Å². The number of halogens is 2. The fourth-order valence-electron chi connectivity index (χ4n) is 2.93. The summed E-state index contributed by atoms with van der Waals surface area (Å²) < 4.78 is 30.6. The fraction of sp³-hybridized carbons (Fsp3) is 0.222. The summed E-state index contributed by atoms with van der Waals surface area (Å²) in [5, 5.41) is 13.0. The summed E-state index contributed by atoms with van der Waals surface area (Å²) in [4.78, 5) is 24.9. The number of hydrogen-bond acceptors (Lipinski definition) is 6. The zero-order chi connectivity index (χ0) is 20.5. The van der Waals surface area contributed by atoms with Crippen LogP contribution in [0.5, 0.6) is 0 Å². The molecular weight excluding hydrogens is 420 g/mol. The number of aryl methyl sites for hydroxylation is 1. The molecule has 3 heterocycles. The number of hydrogen-bond donors (Lipinski definition) is 1. The Morgan fingerprint density at radius 1 is 1.28 bits per heavy atom. The van der Waals surface area contributed by atoms with Gasteiger partial charge in [0.1, 0.15) is 16.3 Å². The first-order valence-electron chi connectivity index (χ1n) is 8.72. The summed E-state index contributed by atoms with van der Waals surface area (Å²) in [6.45, 7) is 2.47. The van der Waals surface area contributed by atoms with Crippen LogP contribution >= 0.6 is 23.1 Å². The Morgan fingerprint density at radius 3 is 2.86 bits per heavy atom. The first-order valence-corrected chi connectivity index (χ1v) is 10.6. The maximum Gasteiger partial charge on any atom is 0.272 e. The number of nitrogens with zero attached hydrogens (tertiary/aromatic N) is 4. The lowest BCUT2D eigenvalue weighted by Gasteiger charge is -2.08. The van der Waals surface area contributed by atoms with Crippen molar-refractivity contribution in [2.75, 3.05) is 11.1 Å². The van der Waals surface area contributed by atoms with Gasteiger partial charge >= 0.3 is 0 Å². The van der Waals surface area contributed by atoms with E-state index in [4.69, 9.17) is 0 Å². The molecule has 0 saturated carbocycles. The van der Waals surface area contributed by atoms with E-state index in [1.54, 1.807) is 8.97 Å². The number of thioether (sulfide) groups is 1. The van der Waals surface area contributed by atoms with Crippen molar-refractivity contribution in [3.63, 3.8) is 0 Å². The third-order valence-electron chi connectivity index (χ3n) is 4.17. The third-order valence-corrected chi connectivity index (χ3v) is 5.99. The molecule has 1 aromatic carbocycles. The number of anilines is 1. The molecule has 4 aromatic rings. The lowest BCUT2D eigenvalue weighted by atomic mass is 10.3. The molecule has 0 aliphatic carbocycles. The van der Waals surface area contributed by atoms with E-state index in [0.717, 1.165) is 30.3 Å². The van der Waals surface area contributed by atoms with E-state index in [1.807, 2.05) is 18.4 Å². The monoisotopic (exact) mass is 435 g/mol. The zero-order valence-electron chi connectivity index (χ0n) is 15.2. The summed E-state index contributed by atoms with van der Waals surface area (Å²) in [5.41, 5.74) is 0.470. The predicted octanol–water partition coefficient (Wildman–Crippen LogP) is 3.52. The molecular formula is C18H15F2N5O2S2. The first kappa shape index (κ1) is 19.5. The van der Waals surface area contributed by atoms with E-state index in [9.17, 15) is 18.4 Å². The van der Waals surface area contributed by atoms with Gasteiger partial charge in [0.25, 0.3) is 5.56 Å². The average molecular weight is 435 g/mol. The van der Waals surface area contributed by atoms with Crippen LogP contribution in [0.15, 0.2) is 39.6 Å². The number of amides is 1. The zero-order valence-corrected chi connectivity index (χ0v) is 16.8. The molecule has 3 aromatic heterocycles. The van der Waals surface area contributed by atoms with Crippen LogP contribution in [0.4, 0.5) is 14.5 Å². The highest BCUT2D eigenvalue weighted by Crippen LogP contribution is 2.25. The van der Waals surface area contributed by atoms with E-state index in [0.29, 0.717) is 33.8 Å². The molecule has 1 amide bonds. The number of aromatic nitrogens is 4. The minimum Gasteiger partial charge on any atom is -0.323 e. The second kappa shape index (κ2) is 7.91. The smallest absolute Gasteiger partial charge is 0.272 e. The molecule has 0 unspecified atom stereocenters. The quantitative estimate of drug-likeness (QED) is 0.469. The van der Waals surface area contributed by atoms with Gasteiger partial charge in [-0.2, -0.15) is 0 Å². The summed E-state index contributed by atoms with van der Waals surface area (Å²) in [5.74, 6) is -1.69. The number of thiophene rings is 1. The average Bonchev–Trinajstić information content (AvgIpc) is 3.32. The maximum atomic E-state index is 13.7. The molecule has 4 rings (SSSR count). The Hall–Kier alpha value is -2.79. The highest BCUT2D eigenvalue weighted by Gasteiger charge is 2.18. The lowest BCUT2D eigenvalue weighted by molar-refractivity contribution is -0.113. The molecule has 0 aliphatic rings. The van der Waals surface area contributed by atoms with Gasteiger partial charge in [-0.05, 0) is 30.0 Å². The van der Waals surface area contributed by atoms with Gasteiger partial charge in [0.2, 0.25) is 11.7 Å². The normalized spacial score (nSPS) is 11.4. The second-order valence-electron chi connectivity index (χ2n) is 6.17. The lowest BCUT2D eigenvalue weighted by Crippen LogP contribution is -2.22. The molecule has 7 nitrogen and oxygen atoms in total. The van der Waals surface area contributed by atoms with Gasteiger partial charge < -0.3 is 5.32 Å². The molecule has 0 aliphatic heterocycles. The SMILES string of the molecule is CCCn1c(=O)c2sccc2n2c(SCC(=O)Nc3ccc(F)cc3F)nnc12. The van der Waals surface area contributed by atoms with E-state index in [-0.39, 0.29) is 17.0 Å². The van der Waals surface area contributed by atoms with Gasteiger partial charge in [-0.15, -0.1) is 21.5 Å². The fourth-order valence-corrected chi connectivity index (χ4v) is 4.49. The van der Waals surface area contributed by atoms with Crippen LogP contribution in [0.25, 0.3) is 16.0 Å². The molecule has 150 valence electrons. The number of carbonyl (C=O) groups is 1. The van der Waals surface area contributed by atoms with Crippen molar-refractivity contribution in [2.45, 2.75) is 25.0 Å². The summed E-state index contributed by atoms with van der Waals surface area (Å²) >= 11 is 2.45. The van der Waals surface area contributed by atoms with Crippen molar-refractivity contribution in [2.24, 2.45) is 0 Å². The number of rotatable bonds is 6. The van der Waals surface area contributed by atoms with Crippen molar-refractivity contribution >= 4 is 50.7 Å². The molecule has 0 atom stereocenters. The van der Waals surface area contributed by atoms with Gasteiger partial charge in [-0.1, -0.05) is 18.7 Å². The van der Waals surface area contributed by atoms with Gasteiger partial charge in [0, 0.05) is 12.6 Å². The Balaban J connectivity index is 1.62. The number of nitrogens with one attached hydrogen (secondary N) is 1. The molecule has 0 fully saturated rings. The van der Waals surface area contributed by atoms with E-state index in [1.165, 1.54) is 11.3 Å². The van der Waals surface area contributed by atoms with Gasteiger partial charge in [-0.25, -0.2) is 8.78 Å². The molecule has 0 bridgehead atoms. The molecule has 0 spiro atoms. The van der Waals surface area contributed by atoms with Crippen LogP contribution in [0.2, 0.25) is 0 Å². The Morgan fingerprint density at radius 2 is 2.10 bits per heavy atom. The van der Waals surface area contributed by atoms with Crippen molar-refractivity contribution in [3.05, 3.63) is 51.6 Å². The van der Waals surface area contributed by atoms with Crippen molar-refractivity contribution < 1.29 is 13.6 Å². The topological polar surface area (TPSA) is 81.3 Å². The van der Waals surface area contributed by atoms with Crippen LogP contribution in [0.3, 0.4) is 0 Å². The largest absolute Gasteiger partial charge is 0.323 e. The van der Waals surface area contributed by atoms with E-state index >= 15 is 0 Å². The van der Waals surface area contributed by atoms with Crippen LogP contribution in [-0.2, 0) is 11.3 Å². The van der Waals surface area contributed by atoms with Crippen molar-refractivity contribution in [3.8, 4) is 0 Å². The Labute approximate surface area is 171 Å². The predicted molar refractivity (Wildman–Crippen MR) is 109 cm³/mol. The number of carbonyl (C=O) groups excluding carboxylic acids is 1. The van der Waals surface area contributed by atoms with Crippen LogP contribution < -0.4 is 10.9 Å². The van der Waals surface area contributed by atoms with E-state index < -0.39 is 17.5 Å². The summed E-state index contributed by atoms with van der Waals surface area (Å²) in [6, 6.07) is 4.75. The Bertz CT molecular complexity index is 1280.